The first-order chi connectivity index (χ1) is 13.5. The number of hydrogen-bond donors (Lipinski definition) is 1. The number of fused-ring (bicyclic) bond motifs is 1. The van der Waals surface area contributed by atoms with Crippen LogP contribution in [0.5, 0.6) is 0 Å². The van der Waals surface area contributed by atoms with Crippen LogP contribution in [0.15, 0.2) is 62.3 Å². The number of nitrogens with one attached hydrogen (secondary N) is 1. The van der Waals surface area contributed by atoms with Gasteiger partial charge in [-0.3, -0.25) is 9.36 Å². The van der Waals surface area contributed by atoms with Gasteiger partial charge in [-0.15, -0.1) is 0 Å². The molecule has 28 heavy (non-hydrogen) atoms. The first-order valence-electron chi connectivity index (χ1n) is 8.84. The lowest BCUT2D eigenvalue weighted by atomic mass is 10.2. The van der Waals surface area contributed by atoms with Gasteiger partial charge in [0.25, 0.3) is 5.91 Å². The van der Waals surface area contributed by atoms with E-state index in [1.807, 2.05) is 19.9 Å². The Bertz CT molecular complexity index is 1190. The highest BCUT2D eigenvalue weighted by atomic mass is 16.5. The maximum absolute atomic E-state index is 12.1. The summed E-state index contributed by atoms with van der Waals surface area (Å²) in [5, 5.41) is 6.68. The van der Waals surface area contributed by atoms with Crippen molar-refractivity contribution in [3.05, 3.63) is 70.5 Å². The van der Waals surface area contributed by atoms with E-state index in [-0.39, 0.29) is 24.4 Å². The predicted molar refractivity (Wildman–Crippen MR) is 102 cm³/mol. The fourth-order valence-corrected chi connectivity index (χ4v) is 2.96. The molecule has 0 aliphatic heterocycles. The second-order valence-corrected chi connectivity index (χ2v) is 6.57. The average molecular weight is 378 g/mol. The number of aromatic nitrogens is 3. The van der Waals surface area contributed by atoms with Crippen molar-refractivity contribution in [3.8, 4) is 11.4 Å². The Morgan fingerprint density at radius 2 is 1.96 bits per heavy atom. The van der Waals surface area contributed by atoms with Gasteiger partial charge in [-0.2, -0.15) is 4.98 Å². The van der Waals surface area contributed by atoms with E-state index in [1.54, 1.807) is 47.0 Å². The first-order valence-corrected chi connectivity index (χ1v) is 8.84. The number of benzene rings is 2. The monoisotopic (exact) mass is 378 g/mol. The van der Waals surface area contributed by atoms with Crippen LogP contribution in [-0.2, 0) is 6.54 Å². The molecule has 2 aromatic heterocycles. The molecule has 1 amide bonds. The van der Waals surface area contributed by atoms with Crippen LogP contribution >= 0.6 is 0 Å². The van der Waals surface area contributed by atoms with Crippen LogP contribution < -0.4 is 11.1 Å². The van der Waals surface area contributed by atoms with Crippen molar-refractivity contribution >= 4 is 17.0 Å². The molecule has 0 aliphatic carbocycles. The minimum atomic E-state index is -0.403. The molecule has 0 fully saturated rings. The van der Waals surface area contributed by atoms with Crippen LogP contribution in [0.25, 0.3) is 22.5 Å². The lowest BCUT2D eigenvalue weighted by Gasteiger charge is -2.04. The molecule has 2 aromatic carbocycles. The Kier molecular flexibility index (Phi) is 4.52. The summed E-state index contributed by atoms with van der Waals surface area (Å²) in [5.41, 5.74) is 2.38. The summed E-state index contributed by atoms with van der Waals surface area (Å²) in [5.74, 6) is 0.00420. The van der Waals surface area contributed by atoms with Gasteiger partial charge in [0.15, 0.2) is 5.58 Å². The molecule has 0 radical (unpaired) electrons. The highest BCUT2D eigenvalue weighted by Gasteiger charge is 2.15. The Morgan fingerprint density at radius 3 is 2.71 bits per heavy atom. The lowest BCUT2D eigenvalue weighted by Crippen LogP contribution is -2.22. The van der Waals surface area contributed by atoms with Gasteiger partial charge in [-0.25, -0.2) is 4.79 Å². The third-order valence-electron chi connectivity index (χ3n) is 4.29. The zero-order valence-corrected chi connectivity index (χ0v) is 15.4. The van der Waals surface area contributed by atoms with Crippen LogP contribution in [0.2, 0.25) is 0 Å². The molecule has 0 atom stereocenters. The third-order valence-corrected chi connectivity index (χ3v) is 4.29. The molecular formula is C20H18N4O4. The topological polar surface area (TPSA) is 103 Å². The van der Waals surface area contributed by atoms with E-state index < -0.39 is 5.76 Å². The van der Waals surface area contributed by atoms with Gasteiger partial charge < -0.3 is 14.3 Å². The second-order valence-electron chi connectivity index (χ2n) is 6.57. The number of hydrogen-bond acceptors (Lipinski definition) is 6. The molecule has 4 rings (SSSR count). The van der Waals surface area contributed by atoms with Gasteiger partial charge in [-0.1, -0.05) is 23.4 Å². The highest BCUT2D eigenvalue weighted by Crippen LogP contribution is 2.23. The molecule has 1 N–H and O–H groups in total. The van der Waals surface area contributed by atoms with E-state index in [0.29, 0.717) is 28.1 Å². The Labute approximate surface area is 159 Å². The molecule has 2 heterocycles. The molecule has 4 aromatic rings. The van der Waals surface area contributed by atoms with E-state index in [0.717, 1.165) is 0 Å². The molecule has 8 heteroatoms. The number of carbonyl (C=O) groups is 1. The SMILES string of the molecule is CC(C)n1c(=O)oc2cc(-c3noc(CNC(=O)c4ccccc4)n3)ccc21. The van der Waals surface area contributed by atoms with Crippen molar-refractivity contribution in [1.82, 2.24) is 20.0 Å². The van der Waals surface area contributed by atoms with Gasteiger partial charge in [0.2, 0.25) is 11.7 Å². The molecular weight excluding hydrogens is 360 g/mol. The molecule has 0 bridgehead atoms. The smallest absolute Gasteiger partial charge is 0.408 e. The summed E-state index contributed by atoms with van der Waals surface area (Å²) in [6, 6.07) is 14.2. The Morgan fingerprint density at radius 1 is 1.18 bits per heavy atom. The first kappa shape index (κ1) is 17.7. The van der Waals surface area contributed by atoms with E-state index in [4.69, 9.17) is 8.94 Å². The molecule has 0 aliphatic rings. The van der Waals surface area contributed by atoms with E-state index >= 15 is 0 Å². The van der Waals surface area contributed by atoms with Crippen molar-refractivity contribution in [2.24, 2.45) is 0 Å². The number of carbonyl (C=O) groups excluding carboxylic acids is 1. The molecule has 8 nitrogen and oxygen atoms in total. The molecule has 0 saturated carbocycles. The average Bonchev–Trinajstić information content (AvgIpc) is 3.29. The normalized spacial score (nSPS) is 11.2. The van der Waals surface area contributed by atoms with Crippen molar-refractivity contribution in [1.29, 1.82) is 0 Å². The van der Waals surface area contributed by atoms with E-state index in [9.17, 15) is 9.59 Å². The lowest BCUT2D eigenvalue weighted by molar-refractivity contribution is 0.0946. The van der Waals surface area contributed by atoms with Crippen molar-refractivity contribution < 1.29 is 13.7 Å². The van der Waals surface area contributed by atoms with Crippen molar-refractivity contribution in [2.45, 2.75) is 26.4 Å². The van der Waals surface area contributed by atoms with Crippen LogP contribution in [0.4, 0.5) is 0 Å². The van der Waals surface area contributed by atoms with Gasteiger partial charge in [-0.05, 0) is 44.2 Å². The summed E-state index contributed by atoms with van der Waals surface area (Å²) >= 11 is 0. The predicted octanol–water partition coefficient (Wildman–Crippen LogP) is 3.16. The quantitative estimate of drug-likeness (QED) is 0.572. The van der Waals surface area contributed by atoms with Gasteiger partial charge >= 0.3 is 5.76 Å². The summed E-state index contributed by atoms with van der Waals surface area (Å²) in [6.07, 6.45) is 0. The maximum atomic E-state index is 12.1. The van der Waals surface area contributed by atoms with Crippen LogP contribution in [0.1, 0.15) is 36.1 Å². The van der Waals surface area contributed by atoms with Crippen LogP contribution in [0, 0.1) is 0 Å². The summed E-state index contributed by atoms with van der Waals surface area (Å²) in [4.78, 5) is 28.4. The number of oxazole rings is 1. The fourth-order valence-electron chi connectivity index (χ4n) is 2.96. The number of rotatable bonds is 5. The summed E-state index contributed by atoms with van der Waals surface area (Å²) in [7, 11) is 0. The van der Waals surface area contributed by atoms with Crippen LogP contribution in [0.3, 0.4) is 0 Å². The van der Waals surface area contributed by atoms with E-state index in [2.05, 4.69) is 15.5 Å². The largest absolute Gasteiger partial charge is 0.420 e. The molecule has 0 unspecified atom stereocenters. The van der Waals surface area contributed by atoms with Gasteiger partial charge in [0, 0.05) is 17.2 Å². The molecule has 0 saturated heterocycles. The highest BCUT2D eigenvalue weighted by molar-refractivity contribution is 5.94. The second kappa shape index (κ2) is 7.15. The minimum absolute atomic E-state index is 0.00963. The number of amides is 1. The third kappa shape index (κ3) is 3.32. The zero-order valence-electron chi connectivity index (χ0n) is 15.4. The standard InChI is InChI=1S/C20H18N4O4/c1-12(2)24-15-9-8-14(10-16(15)27-20(24)26)18-22-17(28-23-18)11-21-19(25)13-6-4-3-5-7-13/h3-10,12H,11H2,1-2H3,(H,21,25). The maximum Gasteiger partial charge on any atom is 0.420 e. The minimum Gasteiger partial charge on any atom is -0.408 e. The summed E-state index contributed by atoms with van der Waals surface area (Å²) in [6.45, 7) is 3.95. The fraction of sp³-hybridized carbons (Fsp3) is 0.200. The van der Waals surface area contributed by atoms with Crippen molar-refractivity contribution in [2.75, 3.05) is 0 Å². The van der Waals surface area contributed by atoms with Crippen LogP contribution in [-0.4, -0.2) is 20.6 Å². The molecule has 0 spiro atoms. The van der Waals surface area contributed by atoms with E-state index in [1.165, 1.54) is 0 Å². The Balaban J connectivity index is 1.52. The van der Waals surface area contributed by atoms with Gasteiger partial charge in [0.1, 0.15) is 0 Å². The Hall–Kier alpha value is -3.68. The van der Waals surface area contributed by atoms with Crippen molar-refractivity contribution in [3.63, 3.8) is 0 Å². The van der Waals surface area contributed by atoms with Gasteiger partial charge in [0.05, 0.1) is 12.1 Å². The molecule has 142 valence electrons. The summed E-state index contributed by atoms with van der Waals surface area (Å²) < 4.78 is 12.1. The zero-order chi connectivity index (χ0) is 19.7. The number of nitrogens with zero attached hydrogens (tertiary/aromatic N) is 3.